The van der Waals surface area contributed by atoms with E-state index in [2.05, 4.69) is 6.92 Å². The standard InChI is InChI=1S/C10H17BO3/c1-6-4-10(5-12-2)8(13-3)7(6)9(11)14-10/h6-9H,4-5H2,1-3H3/t6?,7?,8?,9-,10-/m1/s1. The lowest BCUT2D eigenvalue weighted by Gasteiger charge is -2.32. The van der Waals surface area contributed by atoms with Gasteiger partial charge in [-0.3, -0.25) is 0 Å². The molecule has 0 spiro atoms. The van der Waals surface area contributed by atoms with Crippen molar-refractivity contribution in [2.75, 3.05) is 20.8 Å². The fourth-order valence-electron chi connectivity index (χ4n) is 3.20. The summed E-state index contributed by atoms with van der Waals surface area (Å²) in [5.74, 6) is 0.869. The van der Waals surface area contributed by atoms with Crippen molar-refractivity contribution >= 4 is 7.85 Å². The molecule has 4 heteroatoms. The molecule has 2 radical (unpaired) electrons. The van der Waals surface area contributed by atoms with Gasteiger partial charge in [-0.25, -0.2) is 0 Å². The first-order valence-electron chi connectivity index (χ1n) is 5.10. The summed E-state index contributed by atoms with van der Waals surface area (Å²) < 4.78 is 16.5. The van der Waals surface area contributed by atoms with Crippen molar-refractivity contribution in [3.8, 4) is 0 Å². The number of fused-ring (bicyclic) bond motifs is 2. The van der Waals surface area contributed by atoms with Crippen LogP contribution in [0.4, 0.5) is 0 Å². The fraction of sp³-hybridized carbons (Fsp3) is 1.00. The van der Waals surface area contributed by atoms with E-state index >= 15 is 0 Å². The van der Waals surface area contributed by atoms with E-state index in [4.69, 9.17) is 22.1 Å². The summed E-state index contributed by atoms with van der Waals surface area (Å²) in [7, 11) is 9.34. The van der Waals surface area contributed by atoms with Crippen LogP contribution in [0.1, 0.15) is 13.3 Å². The lowest BCUT2D eigenvalue weighted by molar-refractivity contribution is -0.119. The molecule has 14 heavy (non-hydrogen) atoms. The van der Waals surface area contributed by atoms with Gasteiger partial charge in [0, 0.05) is 26.1 Å². The van der Waals surface area contributed by atoms with Gasteiger partial charge in [0.15, 0.2) is 0 Å². The molecule has 78 valence electrons. The minimum atomic E-state index is -0.299. The van der Waals surface area contributed by atoms with Crippen molar-refractivity contribution in [1.82, 2.24) is 0 Å². The van der Waals surface area contributed by atoms with E-state index in [0.29, 0.717) is 18.4 Å². The van der Waals surface area contributed by atoms with Crippen molar-refractivity contribution in [2.45, 2.75) is 31.1 Å². The van der Waals surface area contributed by atoms with Crippen LogP contribution in [0.15, 0.2) is 0 Å². The molecular weight excluding hydrogens is 179 g/mol. The van der Waals surface area contributed by atoms with Gasteiger partial charge >= 0.3 is 0 Å². The highest BCUT2D eigenvalue weighted by Gasteiger charge is 2.61. The van der Waals surface area contributed by atoms with Gasteiger partial charge in [0.2, 0.25) is 0 Å². The molecule has 1 aliphatic heterocycles. The normalized spacial score (nSPS) is 51.4. The summed E-state index contributed by atoms with van der Waals surface area (Å²) in [6, 6.07) is -0.196. The maximum atomic E-state index is 5.93. The first kappa shape index (κ1) is 10.5. The van der Waals surface area contributed by atoms with E-state index in [9.17, 15) is 0 Å². The molecule has 2 fully saturated rings. The molecule has 2 rings (SSSR count). The molecule has 0 aromatic heterocycles. The second-order valence-electron chi connectivity index (χ2n) is 4.50. The van der Waals surface area contributed by atoms with Gasteiger partial charge in [0.25, 0.3) is 0 Å². The Morgan fingerprint density at radius 2 is 2.21 bits per heavy atom. The molecule has 3 unspecified atom stereocenters. The molecule has 2 aliphatic rings. The van der Waals surface area contributed by atoms with E-state index < -0.39 is 0 Å². The highest BCUT2D eigenvalue weighted by molar-refractivity contribution is 6.11. The first-order chi connectivity index (χ1) is 6.64. The zero-order valence-electron chi connectivity index (χ0n) is 9.03. The molecule has 0 aromatic carbocycles. The van der Waals surface area contributed by atoms with Crippen LogP contribution >= 0.6 is 0 Å². The SMILES string of the molecule is [B][C@@H]1O[C@@]2(COC)CC(C)C1C2OC. The van der Waals surface area contributed by atoms with Crippen LogP contribution in [-0.4, -0.2) is 46.4 Å². The van der Waals surface area contributed by atoms with E-state index in [0.717, 1.165) is 6.42 Å². The van der Waals surface area contributed by atoms with Crippen LogP contribution in [0.25, 0.3) is 0 Å². The zero-order valence-corrected chi connectivity index (χ0v) is 9.03. The third-order valence-electron chi connectivity index (χ3n) is 3.59. The largest absolute Gasteiger partial charge is 0.382 e. The van der Waals surface area contributed by atoms with Crippen LogP contribution in [0.2, 0.25) is 0 Å². The minimum Gasteiger partial charge on any atom is -0.382 e. The van der Waals surface area contributed by atoms with Crippen molar-refractivity contribution in [3.05, 3.63) is 0 Å². The number of hydrogen-bond acceptors (Lipinski definition) is 3. The number of rotatable bonds is 3. The number of hydrogen-bond donors (Lipinski definition) is 0. The van der Waals surface area contributed by atoms with Crippen molar-refractivity contribution in [3.63, 3.8) is 0 Å². The second kappa shape index (κ2) is 3.51. The summed E-state index contributed by atoms with van der Waals surface area (Å²) >= 11 is 0. The molecule has 3 nitrogen and oxygen atoms in total. The Morgan fingerprint density at radius 3 is 2.71 bits per heavy atom. The summed E-state index contributed by atoms with van der Waals surface area (Å²) in [6.07, 6.45) is 1.07. The Kier molecular flexibility index (Phi) is 2.62. The molecule has 0 N–H and O–H groups in total. The van der Waals surface area contributed by atoms with Crippen molar-refractivity contribution in [2.24, 2.45) is 11.8 Å². The third kappa shape index (κ3) is 1.24. The summed E-state index contributed by atoms with van der Waals surface area (Å²) in [5.41, 5.74) is -0.299. The Morgan fingerprint density at radius 1 is 1.50 bits per heavy atom. The molecule has 1 heterocycles. The summed E-state index contributed by atoms with van der Waals surface area (Å²) in [5, 5.41) is 0. The van der Waals surface area contributed by atoms with Gasteiger partial charge in [0.1, 0.15) is 13.4 Å². The highest BCUT2D eigenvalue weighted by Crippen LogP contribution is 2.51. The quantitative estimate of drug-likeness (QED) is 0.617. The monoisotopic (exact) mass is 196 g/mol. The average molecular weight is 196 g/mol. The van der Waals surface area contributed by atoms with Gasteiger partial charge in [-0.15, -0.1) is 0 Å². The van der Waals surface area contributed by atoms with Crippen LogP contribution in [0.3, 0.4) is 0 Å². The number of ether oxygens (including phenoxy) is 3. The van der Waals surface area contributed by atoms with E-state index in [1.54, 1.807) is 14.2 Å². The van der Waals surface area contributed by atoms with Gasteiger partial charge < -0.3 is 14.2 Å². The molecular formula is C10H17BO3. The van der Waals surface area contributed by atoms with Gasteiger partial charge in [0.05, 0.1) is 12.7 Å². The van der Waals surface area contributed by atoms with Crippen LogP contribution in [0.5, 0.6) is 0 Å². The van der Waals surface area contributed by atoms with Crippen molar-refractivity contribution in [1.29, 1.82) is 0 Å². The Hall–Kier alpha value is -0.0551. The van der Waals surface area contributed by atoms with Gasteiger partial charge in [-0.1, -0.05) is 6.92 Å². The molecule has 5 atom stereocenters. The maximum Gasteiger partial charge on any atom is 0.117 e. The van der Waals surface area contributed by atoms with Crippen LogP contribution in [0, 0.1) is 11.8 Å². The van der Waals surface area contributed by atoms with Gasteiger partial charge in [-0.05, 0) is 12.3 Å². The lowest BCUT2D eigenvalue weighted by atomic mass is 9.80. The lowest BCUT2D eigenvalue weighted by Crippen LogP contribution is -2.43. The second-order valence-corrected chi connectivity index (χ2v) is 4.50. The zero-order chi connectivity index (χ0) is 10.3. The Labute approximate surface area is 86.5 Å². The first-order valence-corrected chi connectivity index (χ1v) is 5.10. The highest BCUT2D eigenvalue weighted by atomic mass is 16.6. The van der Waals surface area contributed by atoms with E-state index in [1.807, 2.05) is 0 Å². The van der Waals surface area contributed by atoms with Crippen molar-refractivity contribution < 1.29 is 14.2 Å². The molecule has 1 saturated carbocycles. The smallest absolute Gasteiger partial charge is 0.117 e. The number of methoxy groups -OCH3 is 2. The predicted octanol–water partition coefficient (Wildman–Crippen LogP) is 0.567. The van der Waals surface area contributed by atoms with E-state index in [1.165, 1.54) is 0 Å². The third-order valence-corrected chi connectivity index (χ3v) is 3.59. The minimum absolute atomic E-state index is 0.0902. The Balaban J connectivity index is 2.23. The topological polar surface area (TPSA) is 27.7 Å². The van der Waals surface area contributed by atoms with Gasteiger partial charge in [-0.2, -0.15) is 0 Å². The Bertz CT molecular complexity index is 209. The molecule has 2 bridgehead atoms. The van der Waals surface area contributed by atoms with E-state index in [-0.39, 0.29) is 17.7 Å². The summed E-state index contributed by atoms with van der Waals surface area (Å²) in [6.45, 7) is 2.77. The molecule has 1 saturated heterocycles. The fourth-order valence-corrected chi connectivity index (χ4v) is 3.20. The molecule has 0 aromatic rings. The van der Waals surface area contributed by atoms with Crippen LogP contribution < -0.4 is 0 Å². The average Bonchev–Trinajstić information content (AvgIpc) is 2.51. The van der Waals surface area contributed by atoms with Crippen LogP contribution in [-0.2, 0) is 14.2 Å². The summed E-state index contributed by atoms with van der Waals surface area (Å²) in [4.78, 5) is 0. The maximum absolute atomic E-state index is 5.93. The molecule has 1 aliphatic carbocycles. The predicted molar refractivity (Wildman–Crippen MR) is 53.3 cm³/mol. The molecule has 0 amide bonds.